The number of non-ortho nitro benzene ring substituents is 1. The maximum atomic E-state index is 10.8. The van der Waals surface area contributed by atoms with Crippen LogP contribution in [0.2, 0.25) is 10.0 Å². The molecule has 0 atom stereocenters. The highest BCUT2D eigenvalue weighted by molar-refractivity contribution is 6.42. The van der Waals surface area contributed by atoms with Crippen LogP contribution in [0.5, 0.6) is 0 Å². The molecule has 0 unspecified atom stereocenters. The molecule has 2 rings (SSSR count). The van der Waals surface area contributed by atoms with E-state index >= 15 is 0 Å². The lowest BCUT2D eigenvalue weighted by atomic mass is 10.1. The molecule has 22 heavy (non-hydrogen) atoms. The van der Waals surface area contributed by atoms with E-state index in [0.29, 0.717) is 22.2 Å². The van der Waals surface area contributed by atoms with Gasteiger partial charge in [0, 0.05) is 12.1 Å². The average Bonchev–Trinajstić information content (AvgIpc) is 2.51. The zero-order valence-corrected chi connectivity index (χ0v) is 13.2. The second-order valence-corrected chi connectivity index (χ2v) is 5.27. The molecular formula is C15H13Cl2N3O2. The number of benzene rings is 2. The number of nitro benzene ring substituents is 1. The first-order valence-corrected chi connectivity index (χ1v) is 7.29. The zero-order valence-electron chi connectivity index (χ0n) is 11.7. The van der Waals surface area contributed by atoms with Crippen LogP contribution in [-0.4, -0.2) is 10.6 Å². The van der Waals surface area contributed by atoms with E-state index in [1.165, 1.54) is 12.1 Å². The predicted octanol–water partition coefficient (Wildman–Crippen LogP) is 5.13. The highest BCUT2D eigenvalue weighted by Crippen LogP contribution is 2.23. The van der Waals surface area contributed by atoms with Gasteiger partial charge in [0.2, 0.25) is 0 Å². The SMILES string of the molecule is CC/C(=N\Nc1cccc([N+](=O)[O-])c1)c1ccc(Cl)c(Cl)c1. The molecule has 0 aliphatic rings. The van der Waals surface area contributed by atoms with E-state index < -0.39 is 4.92 Å². The molecule has 7 heteroatoms. The van der Waals surface area contributed by atoms with Crippen LogP contribution in [0.1, 0.15) is 18.9 Å². The van der Waals surface area contributed by atoms with Crippen molar-refractivity contribution in [2.75, 3.05) is 5.43 Å². The third-order valence-electron chi connectivity index (χ3n) is 2.96. The molecule has 0 heterocycles. The number of nitro groups is 1. The topological polar surface area (TPSA) is 67.5 Å². The van der Waals surface area contributed by atoms with Crippen molar-refractivity contribution in [3.63, 3.8) is 0 Å². The standard InChI is InChI=1S/C15H13Cl2N3O2/c1-2-15(10-6-7-13(16)14(17)8-10)19-18-11-4-3-5-12(9-11)20(21)22/h3-9,18H,2H2,1H3/b19-15+. The second-order valence-electron chi connectivity index (χ2n) is 4.46. The van der Waals surface area contributed by atoms with Crippen LogP contribution in [0.25, 0.3) is 0 Å². The highest BCUT2D eigenvalue weighted by atomic mass is 35.5. The summed E-state index contributed by atoms with van der Waals surface area (Å²) in [5.41, 5.74) is 4.99. The summed E-state index contributed by atoms with van der Waals surface area (Å²) < 4.78 is 0. The van der Waals surface area contributed by atoms with Gasteiger partial charge in [0.05, 0.1) is 26.4 Å². The Labute approximate surface area is 137 Å². The van der Waals surface area contributed by atoms with Crippen LogP contribution in [0.3, 0.4) is 0 Å². The zero-order chi connectivity index (χ0) is 16.1. The Hall–Kier alpha value is -2.11. The lowest BCUT2D eigenvalue weighted by Gasteiger charge is -2.07. The van der Waals surface area contributed by atoms with Gasteiger partial charge in [0.1, 0.15) is 0 Å². The fourth-order valence-corrected chi connectivity index (χ4v) is 2.14. The van der Waals surface area contributed by atoms with Gasteiger partial charge in [-0.1, -0.05) is 42.3 Å². The van der Waals surface area contributed by atoms with Crippen molar-refractivity contribution in [1.82, 2.24) is 0 Å². The van der Waals surface area contributed by atoms with Gasteiger partial charge >= 0.3 is 0 Å². The largest absolute Gasteiger partial charge is 0.278 e. The molecule has 0 spiro atoms. The van der Waals surface area contributed by atoms with Crippen LogP contribution >= 0.6 is 23.2 Å². The van der Waals surface area contributed by atoms with Crippen molar-refractivity contribution in [3.05, 3.63) is 68.2 Å². The van der Waals surface area contributed by atoms with Crippen LogP contribution < -0.4 is 5.43 Å². The first-order chi connectivity index (χ1) is 10.5. The number of anilines is 1. The quantitative estimate of drug-likeness (QED) is 0.467. The number of nitrogens with zero attached hydrogens (tertiary/aromatic N) is 2. The summed E-state index contributed by atoms with van der Waals surface area (Å²) in [6, 6.07) is 11.4. The number of rotatable bonds is 5. The van der Waals surface area contributed by atoms with Crippen LogP contribution in [0, 0.1) is 10.1 Å². The number of halogens is 2. The Morgan fingerprint density at radius 3 is 2.64 bits per heavy atom. The Kier molecular flexibility index (Phi) is 5.35. The maximum absolute atomic E-state index is 10.8. The minimum Gasteiger partial charge on any atom is -0.278 e. The molecule has 0 bridgehead atoms. The molecule has 0 saturated carbocycles. The first-order valence-electron chi connectivity index (χ1n) is 6.53. The molecule has 5 nitrogen and oxygen atoms in total. The smallest absolute Gasteiger partial charge is 0.271 e. The molecule has 0 aromatic heterocycles. The van der Waals surface area contributed by atoms with Gasteiger partial charge in [-0.15, -0.1) is 0 Å². The van der Waals surface area contributed by atoms with Crippen molar-refractivity contribution in [2.45, 2.75) is 13.3 Å². The Morgan fingerprint density at radius 2 is 2.00 bits per heavy atom. The van der Waals surface area contributed by atoms with Crippen molar-refractivity contribution in [3.8, 4) is 0 Å². The number of nitrogens with one attached hydrogen (secondary N) is 1. The van der Waals surface area contributed by atoms with Gasteiger partial charge in [-0.25, -0.2) is 0 Å². The fraction of sp³-hybridized carbons (Fsp3) is 0.133. The molecule has 114 valence electrons. The van der Waals surface area contributed by atoms with Crippen molar-refractivity contribution < 1.29 is 4.92 Å². The van der Waals surface area contributed by atoms with Crippen LogP contribution in [-0.2, 0) is 0 Å². The van der Waals surface area contributed by atoms with Gasteiger partial charge in [0.15, 0.2) is 0 Å². The van der Waals surface area contributed by atoms with E-state index in [1.807, 2.05) is 13.0 Å². The Morgan fingerprint density at radius 1 is 1.23 bits per heavy atom. The van der Waals surface area contributed by atoms with Gasteiger partial charge < -0.3 is 0 Å². The molecule has 0 amide bonds. The molecule has 0 saturated heterocycles. The van der Waals surface area contributed by atoms with Crippen molar-refractivity contribution in [2.24, 2.45) is 5.10 Å². The maximum Gasteiger partial charge on any atom is 0.271 e. The van der Waals surface area contributed by atoms with Gasteiger partial charge in [0.25, 0.3) is 5.69 Å². The third kappa shape index (κ3) is 3.96. The molecule has 0 fully saturated rings. The minimum absolute atomic E-state index is 0.00721. The summed E-state index contributed by atoms with van der Waals surface area (Å²) in [5.74, 6) is 0. The average molecular weight is 338 g/mol. The molecule has 1 N–H and O–H groups in total. The summed E-state index contributed by atoms with van der Waals surface area (Å²) in [7, 11) is 0. The molecule has 2 aromatic carbocycles. The highest BCUT2D eigenvalue weighted by Gasteiger charge is 2.07. The Bertz CT molecular complexity index is 732. The van der Waals surface area contributed by atoms with Crippen molar-refractivity contribution in [1.29, 1.82) is 0 Å². The first kappa shape index (κ1) is 16.3. The normalized spacial score (nSPS) is 11.3. The van der Waals surface area contributed by atoms with Gasteiger partial charge in [-0.2, -0.15) is 5.10 Å². The van der Waals surface area contributed by atoms with E-state index in [2.05, 4.69) is 10.5 Å². The summed E-state index contributed by atoms with van der Waals surface area (Å²) in [4.78, 5) is 10.3. The predicted molar refractivity (Wildman–Crippen MR) is 90.0 cm³/mol. The van der Waals surface area contributed by atoms with Crippen LogP contribution in [0.4, 0.5) is 11.4 Å². The van der Waals surface area contributed by atoms with Crippen molar-refractivity contribution >= 4 is 40.3 Å². The van der Waals surface area contributed by atoms with E-state index in [4.69, 9.17) is 23.2 Å². The molecule has 0 radical (unpaired) electrons. The fourth-order valence-electron chi connectivity index (χ4n) is 1.84. The molecule has 2 aromatic rings. The second kappa shape index (κ2) is 7.24. The third-order valence-corrected chi connectivity index (χ3v) is 3.70. The lowest BCUT2D eigenvalue weighted by Crippen LogP contribution is -2.03. The summed E-state index contributed by atoms with van der Waals surface area (Å²) in [5, 5.41) is 16.0. The van der Waals surface area contributed by atoms with E-state index in [9.17, 15) is 10.1 Å². The lowest BCUT2D eigenvalue weighted by molar-refractivity contribution is -0.384. The number of hydrazone groups is 1. The molecule has 0 aliphatic carbocycles. The van der Waals surface area contributed by atoms with E-state index in [-0.39, 0.29) is 5.69 Å². The van der Waals surface area contributed by atoms with Gasteiger partial charge in [-0.05, 0) is 30.2 Å². The molecule has 0 aliphatic heterocycles. The van der Waals surface area contributed by atoms with E-state index in [0.717, 1.165) is 11.3 Å². The summed E-state index contributed by atoms with van der Waals surface area (Å²) in [6.45, 7) is 1.95. The summed E-state index contributed by atoms with van der Waals surface area (Å²) >= 11 is 11.9. The number of hydrogen-bond acceptors (Lipinski definition) is 4. The van der Waals surface area contributed by atoms with Gasteiger partial charge in [-0.3, -0.25) is 15.5 Å². The monoisotopic (exact) mass is 337 g/mol. The summed E-state index contributed by atoms with van der Waals surface area (Å²) in [6.07, 6.45) is 0.667. The molecular weight excluding hydrogens is 325 g/mol. The van der Waals surface area contributed by atoms with E-state index in [1.54, 1.807) is 24.3 Å². The minimum atomic E-state index is -0.450. The Balaban J connectivity index is 2.24. The number of hydrogen-bond donors (Lipinski definition) is 1. The van der Waals surface area contributed by atoms with Crippen LogP contribution in [0.15, 0.2) is 47.6 Å².